The second-order valence-corrected chi connectivity index (χ2v) is 3.98. The minimum Gasteiger partial charge on any atom is -0.395 e. The second-order valence-electron chi connectivity index (χ2n) is 3.98. The van der Waals surface area contributed by atoms with Gasteiger partial charge in [0.15, 0.2) is 0 Å². The summed E-state index contributed by atoms with van der Waals surface area (Å²) in [5.74, 6) is -0.183. The molecule has 0 unspecified atom stereocenters. The average molecular weight is 252 g/mol. The number of aliphatic hydroxyl groups is 2. The predicted molar refractivity (Wildman–Crippen MR) is 69.3 cm³/mol. The molecular formula is C13H20N2O3. The van der Waals surface area contributed by atoms with E-state index in [-0.39, 0.29) is 32.2 Å². The van der Waals surface area contributed by atoms with E-state index in [1.54, 1.807) is 12.1 Å². The van der Waals surface area contributed by atoms with Crippen molar-refractivity contribution in [3.8, 4) is 0 Å². The Hall–Kier alpha value is -1.43. The third-order valence-corrected chi connectivity index (χ3v) is 2.63. The number of nitrogens with zero attached hydrogens (tertiary/aromatic N) is 1. The van der Waals surface area contributed by atoms with Crippen molar-refractivity contribution in [3.05, 3.63) is 35.4 Å². The molecule has 1 aromatic carbocycles. The molecule has 5 heteroatoms. The smallest absolute Gasteiger partial charge is 0.254 e. The molecule has 0 fully saturated rings. The van der Waals surface area contributed by atoms with E-state index >= 15 is 0 Å². The number of amides is 1. The summed E-state index contributed by atoms with van der Waals surface area (Å²) < 4.78 is 0. The molecule has 1 aromatic rings. The van der Waals surface area contributed by atoms with Crippen molar-refractivity contribution in [3.63, 3.8) is 0 Å². The standard InChI is InChI=1S/C13H20N2O3/c14-5-4-11-2-1-3-12(10-11)13(18)15(6-8-16)7-9-17/h1-3,10,16-17H,4-9,14H2. The van der Waals surface area contributed by atoms with Gasteiger partial charge in [0.05, 0.1) is 13.2 Å². The van der Waals surface area contributed by atoms with E-state index in [0.717, 1.165) is 12.0 Å². The van der Waals surface area contributed by atoms with Crippen molar-refractivity contribution in [2.75, 3.05) is 32.8 Å². The molecule has 4 N–H and O–H groups in total. The van der Waals surface area contributed by atoms with E-state index in [4.69, 9.17) is 15.9 Å². The van der Waals surface area contributed by atoms with Crippen LogP contribution in [0.2, 0.25) is 0 Å². The van der Waals surface area contributed by atoms with E-state index < -0.39 is 0 Å². The number of nitrogens with two attached hydrogens (primary N) is 1. The van der Waals surface area contributed by atoms with Gasteiger partial charge in [-0.3, -0.25) is 4.79 Å². The molecule has 0 aliphatic heterocycles. The summed E-state index contributed by atoms with van der Waals surface area (Å²) in [4.78, 5) is 13.6. The lowest BCUT2D eigenvalue weighted by molar-refractivity contribution is 0.0684. The number of hydrogen-bond acceptors (Lipinski definition) is 4. The van der Waals surface area contributed by atoms with Crippen molar-refractivity contribution in [2.24, 2.45) is 5.73 Å². The minimum absolute atomic E-state index is 0.117. The lowest BCUT2D eigenvalue weighted by Gasteiger charge is -2.20. The minimum atomic E-state index is -0.183. The number of rotatable bonds is 7. The zero-order valence-corrected chi connectivity index (χ0v) is 10.4. The summed E-state index contributed by atoms with van der Waals surface area (Å²) in [5.41, 5.74) is 7.05. The van der Waals surface area contributed by atoms with Gasteiger partial charge in [-0.05, 0) is 30.7 Å². The maximum absolute atomic E-state index is 12.2. The predicted octanol–water partition coefficient (Wildman–Crippen LogP) is -0.385. The summed E-state index contributed by atoms with van der Waals surface area (Å²) in [5, 5.41) is 17.8. The first-order chi connectivity index (χ1) is 8.72. The van der Waals surface area contributed by atoms with Crippen molar-refractivity contribution in [2.45, 2.75) is 6.42 Å². The molecule has 100 valence electrons. The molecule has 5 nitrogen and oxygen atoms in total. The summed E-state index contributed by atoms with van der Waals surface area (Å²) in [7, 11) is 0. The van der Waals surface area contributed by atoms with Gasteiger partial charge in [-0.15, -0.1) is 0 Å². The van der Waals surface area contributed by atoms with E-state index in [0.29, 0.717) is 12.1 Å². The summed E-state index contributed by atoms with van der Waals surface area (Å²) in [6.45, 7) is 0.748. The third kappa shape index (κ3) is 4.10. The molecule has 0 saturated carbocycles. The Morgan fingerprint density at radius 3 is 2.44 bits per heavy atom. The van der Waals surface area contributed by atoms with Crippen molar-refractivity contribution >= 4 is 5.91 Å². The van der Waals surface area contributed by atoms with Crippen LogP contribution in [0, 0.1) is 0 Å². The van der Waals surface area contributed by atoms with Crippen LogP contribution in [0.1, 0.15) is 15.9 Å². The molecule has 0 heterocycles. The normalized spacial score (nSPS) is 10.4. The average Bonchev–Trinajstić information content (AvgIpc) is 2.38. The van der Waals surface area contributed by atoms with Gasteiger partial charge in [-0.25, -0.2) is 0 Å². The van der Waals surface area contributed by atoms with Crippen LogP contribution in [0.5, 0.6) is 0 Å². The largest absolute Gasteiger partial charge is 0.395 e. The van der Waals surface area contributed by atoms with Gasteiger partial charge in [-0.1, -0.05) is 12.1 Å². The molecule has 0 saturated heterocycles. The van der Waals surface area contributed by atoms with Crippen molar-refractivity contribution < 1.29 is 15.0 Å². The van der Waals surface area contributed by atoms with E-state index in [2.05, 4.69) is 0 Å². The number of aliphatic hydroxyl groups excluding tert-OH is 2. The highest BCUT2D eigenvalue weighted by Gasteiger charge is 2.14. The first-order valence-corrected chi connectivity index (χ1v) is 6.03. The number of benzene rings is 1. The van der Waals surface area contributed by atoms with Gasteiger partial charge >= 0.3 is 0 Å². The summed E-state index contributed by atoms with van der Waals surface area (Å²) in [6, 6.07) is 7.27. The maximum atomic E-state index is 12.2. The Kier molecular flexibility index (Phi) is 6.35. The number of hydrogen-bond donors (Lipinski definition) is 3. The lowest BCUT2D eigenvalue weighted by Crippen LogP contribution is -2.35. The molecule has 0 aromatic heterocycles. The first-order valence-electron chi connectivity index (χ1n) is 6.03. The fourth-order valence-electron chi connectivity index (χ4n) is 1.77. The molecular weight excluding hydrogens is 232 g/mol. The van der Waals surface area contributed by atoms with Crippen LogP contribution in [-0.4, -0.2) is 53.9 Å². The topological polar surface area (TPSA) is 86.8 Å². The zero-order valence-electron chi connectivity index (χ0n) is 10.4. The van der Waals surface area contributed by atoms with Crippen LogP contribution in [-0.2, 0) is 6.42 Å². The Balaban J connectivity index is 2.82. The van der Waals surface area contributed by atoms with Crippen LogP contribution >= 0.6 is 0 Å². The third-order valence-electron chi connectivity index (χ3n) is 2.63. The molecule has 1 rings (SSSR count). The zero-order chi connectivity index (χ0) is 13.4. The monoisotopic (exact) mass is 252 g/mol. The number of carbonyl (C=O) groups is 1. The molecule has 0 aliphatic rings. The number of carbonyl (C=O) groups excluding carboxylic acids is 1. The molecule has 0 radical (unpaired) electrons. The highest BCUT2D eigenvalue weighted by molar-refractivity contribution is 5.94. The molecule has 0 atom stereocenters. The maximum Gasteiger partial charge on any atom is 0.254 e. The van der Waals surface area contributed by atoms with Crippen LogP contribution in [0.15, 0.2) is 24.3 Å². The Morgan fingerprint density at radius 1 is 1.22 bits per heavy atom. The second kappa shape index (κ2) is 7.81. The Morgan fingerprint density at radius 2 is 1.89 bits per heavy atom. The molecule has 1 amide bonds. The van der Waals surface area contributed by atoms with Gasteiger partial charge in [0.1, 0.15) is 0 Å². The van der Waals surface area contributed by atoms with Crippen LogP contribution in [0.3, 0.4) is 0 Å². The fraction of sp³-hybridized carbons (Fsp3) is 0.462. The Labute approximate surface area is 107 Å². The molecule has 0 aliphatic carbocycles. The van der Waals surface area contributed by atoms with E-state index in [1.165, 1.54) is 4.90 Å². The van der Waals surface area contributed by atoms with Gasteiger partial charge in [0.25, 0.3) is 5.91 Å². The van der Waals surface area contributed by atoms with E-state index in [9.17, 15) is 4.79 Å². The SMILES string of the molecule is NCCc1cccc(C(=O)N(CCO)CCO)c1. The summed E-state index contributed by atoms with van der Waals surface area (Å²) >= 11 is 0. The van der Waals surface area contributed by atoms with Gasteiger partial charge in [0, 0.05) is 18.7 Å². The molecule has 18 heavy (non-hydrogen) atoms. The van der Waals surface area contributed by atoms with Crippen molar-refractivity contribution in [1.29, 1.82) is 0 Å². The van der Waals surface area contributed by atoms with Gasteiger partial charge in [0.2, 0.25) is 0 Å². The van der Waals surface area contributed by atoms with E-state index in [1.807, 2.05) is 12.1 Å². The first kappa shape index (κ1) is 14.6. The fourth-order valence-corrected chi connectivity index (χ4v) is 1.77. The summed E-state index contributed by atoms with van der Waals surface area (Å²) in [6.07, 6.45) is 0.723. The molecule has 0 spiro atoms. The Bertz CT molecular complexity index is 376. The molecule has 0 bridgehead atoms. The van der Waals surface area contributed by atoms with Crippen LogP contribution < -0.4 is 5.73 Å². The quantitative estimate of drug-likeness (QED) is 0.617. The van der Waals surface area contributed by atoms with Crippen molar-refractivity contribution in [1.82, 2.24) is 4.90 Å². The van der Waals surface area contributed by atoms with Gasteiger partial charge in [-0.2, -0.15) is 0 Å². The lowest BCUT2D eigenvalue weighted by atomic mass is 10.1. The van der Waals surface area contributed by atoms with Crippen LogP contribution in [0.4, 0.5) is 0 Å². The highest BCUT2D eigenvalue weighted by Crippen LogP contribution is 2.09. The highest BCUT2D eigenvalue weighted by atomic mass is 16.3. The van der Waals surface area contributed by atoms with Gasteiger partial charge < -0.3 is 20.8 Å². The van der Waals surface area contributed by atoms with Crippen LogP contribution in [0.25, 0.3) is 0 Å².